The van der Waals surface area contributed by atoms with Crippen LogP contribution >= 0.6 is 0 Å². The summed E-state index contributed by atoms with van der Waals surface area (Å²) in [5.41, 5.74) is 2.83. The quantitative estimate of drug-likeness (QED) is 0.872. The number of carbonyl (C=O) groups is 1. The molecule has 4 nitrogen and oxygen atoms in total. The molecule has 0 fully saturated rings. The number of benzene rings is 2. The summed E-state index contributed by atoms with van der Waals surface area (Å²) in [4.78, 5) is 12.3. The van der Waals surface area contributed by atoms with Crippen molar-refractivity contribution in [2.75, 3.05) is 14.2 Å². The van der Waals surface area contributed by atoms with Crippen LogP contribution in [0.25, 0.3) is 0 Å². The second-order valence-electron chi connectivity index (χ2n) is 6.21. The summed E-state index contributed by atoms with van der Waals surface area (Å²) in [6.45, 7) is 0.205. The Labute approximate surface area is 147 Å². The molecule has 0 heterocycles. The van der Waals surface area contributed by atoms with Crippen molar-refractivity contribution in [3.05, 3.63) is 58.9 Å². The predicted octanol–water partition coefficient (Wildman–Crippen LogP) is 3.58. The van der Waals surface area contributed by atoms with Gasteiger partial charge in [0.05, 0.1) is 14.2 Å². The zero-order valence-corrected chi connectivity index (χ0v) is 14.5. The van der Waals surface area contributed by atoms with Crippen LogP contribution in [-0.4, -0.2) is 20.1 Å². The number of rotatable bonds is 6. The summed E-state index contributed by atoms with van der Waals surface area (Å²) < 4.78 is 24.3. The number of aryl methyl sites for hydroxylation is 1. The van der Waals surface area contributed by atoms with E-state index in [-0.39, 0.29) is 24.2 Å². The van der Waals surface area contributed by atoms with Crippen LogP contribution in [0.2, 0.25) is 0 Å². The smallest absolute Gasteiger partial charge is 0.220 e. The molecule has 0 saturated carbocycles. The van der Waals surface area contributed by atoms with Gasteiger partial charge in [-0.15, -0.1) is 0 Å². The molecule has 1 amide bonds. The molecule has 0 spiro atoms. The molecule has 0 bridgehead atoms. The average Bonchev–Trinajstić information content (AvgIpc) is 3.01. The van der Waals surface area contributed by atoms with Gasteiger partial charge in [-0.2, -0.15) is 0 Å². The molecule has 0 aliphatic heterocycles. The van der Waals surface area contributed by atoms with Gasteiger partial charge in [-0.05, 0) is 48.1 Å². The number of ether oxygens (including phenoxy) is 2. The lowest BCUT2D eigenvalue weighted by Crippen LogP contribution is -2.24. The second-order valence-corrected chi connectivity index (χ2v) is 6.21. The molecular formula is C20H22FNO3. The van der Waals surface area contributed by atoms with E-state index in [4.69, 9.17) is 9.47 Å². The fraction of sp³-hybridized carbons (Fsp3) is 0.350. The lowest BCUT2D eigenvalue weighted by molar-refractivity contribution is -0.121. The van der Waals surface area contributed by atoms with Gasteiger partial charge in [0.15, 0.2) is 11.5 Å². The maximum atomic E-state index is 13.6. The monoisotopic (exact) mass is 343 g/mol. The van der Waals surface area contributed by atoms with Crippen LogP contribution in [0.4, 0.5) is 4.39 Å². The number of methoxy groups -OCH3 is 2. The van der Waals surface area contributed by atoms with E-state index in [0.29, 0.717) is 23.5 Å². The largest absolute Gasteiger partial charge is 0.493 e. The van der Waals surface area contributed by atoms with Crippen molar-refractivity contribution in [2.45, 2.75) is 31.7 Å². The Morgan fingerprint density at radius 3 is 2.64 bits per heavy atom. The van der Waals surface area contributed by atoms with Gasteiger partial charge in [-0.3, -0.25) is 4.79 Å². The highest BCUT2D eigenvalue weighted by molar-refractivity contribution is 5.77. The summed E-state index contributed by atoms with van der Waals surface area (Å²) in [6.07, 6.45) is 2.22. The van der Waals surface area contributed by atoms with E-state index < -0.39 is 0 Å². The molecule has 3 rings (SSSR count). The Morgan fingerprint density at radius 1 is 1.20 bits per heavy atom. The van der Waals surface area contributed by atoms with Crippen molar-refractivity contribution in [1.29, 1.82) is 0 Å². The van der Waals surface area contributed by atoms with Crippen LogP contribution in [0, 0.1) is 5.82 Å². The van der Waals surface area contributed by atoms with Crippen LogP contribution in [0.3, 0.4) is 0 Å². The number of hydrogen-bond acceptors (Lipinski definition) is 3. The predicted molar refractivity (Wildman–Crippen MR) is 93.5 cm³/mol. The molecule has 2 aromatic carbocycles. The van der Waals surface area contributed by atoms with Crippen molar-refractivity contribution in [3.8, 4) is 11.5 Å². The fourth-order valence-electron chi connectivity index (χ4n) is 3.36. The van der Waals surface area contributed by atoms with Crippen LogP contribution in [0.5, 0.6) is 11.5 Å². The highest BCUT2D eigenvalue weighted by Gasteiger charge is 2.26. The number of nitrogens with one attached hydrogen (secondary N) is 1. The first kappa shape index (κ1) is 17.3. The van der Waals surface area contributed by atoms with E-state index in [1.165, 1.54) is 11.6 Å². The zero-order valence-electron chi connectivity index (χ0n) is 14.5. The summed E-state index contributed by atoms with van der Waals surface area (Å²) >= 11 is 0. The van der Waals surface area contributed by atoms with Crippen molar-refractivity contribution < 1.29 is 18.7 Å². The normalized spacial score (nSPS) is 15.6. The van der Waals surface area contributed by atoms with Crippen LogP contribution in [0.1, 0.15) is 35.4 Å². The van der Waals surface area contributed by atoms with Gasteiger partial charge in [0.25, 0.3) is 0 Å². The number of amides is 1. The number of hydrogen-bond donors (Lipinski definition) is 1. The lowest BCUT2D eigenvalue weighted by Gasteiger charge is -2.15. The molecule has 132 valence electrons. The minimum atomic E-state index is -0.300. The van der Waals surface area contributed by atoms with Gasteiger partial charge in [0.2, 0.25) is 5.91 Å². The molecule has 0 radical (unpaired) electrons. The maximum absolute atomic E-state index is 13.6. The van der Waals surface area contributed by atoms with Gasteiger partial charge in [0.1, 0.15) is 5.82 Å². The van der Waals surface area contributed by atoms with E-state index in [1.54, 1.807) is 32.4 Å². The number of halogens is 1. The summed E-state index contributed by atoms with van der Waals surface area (Å²) in [6, 6.07) is 10.4. The topological polar surface area (TPSA) is 47.6 Å². The Balaban J connectivity index is 1.65. The van der Waals surface area contributed by atoms with Crippen molar-refractivity contribution in [2.24, 2.45) is 0 Å². The Hall–Kier alpha value is -2.56. The molecule has 1 unspecified atom stereocenters. The highest BCUT2D eigenvalue weighted by atomic mass is 19.1. The Kier molecular flexibility index (Phi) is 5.22. The van der Waals surface area contributed by atoms with E-state index in [2.05, 4.69) is 5.32 Å². The fourth-order valence-corrected chi connectivity index (χ4v) is 3.36. The molecular weight excluding hydrogens is 321 g/mol. The minimum absolute atomic E-state index is 0.0733. The van der Waals surface area contributed by atoms with E-state index in [1.807, 2.05) is 12.1 Å². The minimum Gasteiger partial charge on any atom is -0.493 e. The molecule has 1 aliphatic rings. The lowest BCUT2D eigenvalue weighted by atomic mass is 9.97. The molecule has 2 aromatic rings. The van der Waals surface area contributed by atoms with Gasteiger partial charge in [-0.1, -0.05) is 18.2 Å². The molecule has 1 aliphatic carbocycles. The number of fused-ring (bicyclic) bond motifs is 1. The SMILES string of the molecule is COc1cc2c(cc1OC)C(CC(=O)NCc1ccccc1F)CC2. The first-order chi connectivity index (χ1) is 12.1. The third-order valence-electron chi connectivity index (χ3n) is 4.71. The Bertz CT molecular complexity index is 776. The summed E-state index contributed by atoms with van der Waals surface area (Å²) in [5, 5.41) is 2.81. The van der Waals surface area contributed by atoms with Crippen molar-refractivity contribution in [1.82, 2.24) is 5.32 Å². The van der Waals surface area contributed by atoms with Gasteiger partial charge in [-0.25, -0.2) is 4.39 Å². The highest BCUT2D eigenvalue weighted by Crippen LogP contribution is 2.41. The molecule has 1 N–H and O–H groups in total. The van der Waals surface area contributed by atoms with Gasteiger partial charge in [0, 0.05) is 18.5 Å². The maximum Gasteiger partial charge on any atom is 0.220 e. The van der Waals surface area contributed by atoms with E-state index >= 15 is 0 Å². The summed E-state index contributed by atoms with van der Waals surface area (Å²) in [5.74, 6) is 1.17. The third kappa shape index (κ3) is 3.76. The van der Waals surface area contributed by atoms with Crippen LogP contribution in [0.15, 0.2) is 36.4 Å². The molecule has 25 heavy (non-hydrogen) atoms. The Morgan fingerprint density at radius 2 is 1.92 bits per heavy atom. The average molecular weight is 343 g/mol. The van der Waals surface area contributed by atoms with Crippen molar-refractivity contribution >= 4 is 5.91 Å². The molecule has 1 atom stereocenters. The van der Waals surface area contributed by atoms with Crippen molar-refractivity contribution in [3.63, 3.8) is 0 Å². The van der Waals surface area contributed by atoms with Crippen LogP contribution in [-0.2, 0) is 17.8 Å². The first-order valence-corrected chi connectivity index (χ1v) is 8.37. The first-order valence-electron chi connectivity index (χ1n) is 8.37. The number of carbonyl (C=O) groups excluding carboxylic acids is 1. The van der Waals surface area contributed by atoms with Gasteiger partial charge < -0.3 is 14.8 Å². The molecule has 0 saturated heterocycles. The standard InChI is InChI=1S/C20H22FNO3/c1-24-18-9-13-7-8-14(16(13)11-19(18)25-2)10-20(23)22-12-15-5-3-4-6-17(15)21/h3-6,9,11,14H,7-8,10,12H2,1-2H3,(H,22,23). The summed E-state index contributed by atoms with van der Waals surface area (Å²) in [7, 11) is 3.22. The zero-order chi connectivity index (χ0) is 17.8. The molecule has 5 heteroatoms. The third-order valence-corrected chi connectivity index (χ3v) is 4.71. The van der Waals surface area contributed by atoms with Crippen LogP contribution < -0.4 is 14.8 Å². The van der Waals surface area contributed by atoms with Gasteiger partial charge >= 0.3 is 0 Å². The second kappa shape index (κ2) is 7.55. The molecule has 0 aromatic heterocycles. The van der Waals surface area contributed by atoms with E-state index in [9.17, 15) is 9.18 Å². The van der Waals surface area contributed by atoms with E-state index in [0.717, 1.165) is 18.4 Å².